The first-order valence-electron chi connectivity index (χ1n) is 15.8. The first kappa shape index (κ1) is 33.0. The van der Waals surface area contributed by atoms with E-state index in [1.165, 1.54) is 5.56 Å². The van der Waals surface area contributed by atoms with Crippen LogP contribution in [0.4, 0.5) is 5.69 Å². The smallest absolute Gasteiger partial charge is 0.151 e. The van der Waals surface area contributed by atoms with E-state index < -0.39 is 8.07 Å². The summed E-state index contributed by atoms with van der Waals surface area (Å²) < 4.78 is 18.4. The van der Waals surface area contributed by atoms with E-state index in [1.807, 2.05) is 72.8 Å². The Bertz CT molecular complexity index is 1640. The van der Waals surface area contributed by atoms with Crippen LogP contribution in [0.1, 0.15) is 27.8 Å². The number of nitrogens with one attached hydrogen (secondary N) is 1. The van der Waals surface area contributed by atoms with Gasteiger partial charge in [0.15, 0.2) is 5.84 Å². The average Bonchev–Trinajstić information content (AvgIpc) is 3.07. The molecular weight excluding hydrogens is 589 g/mol. The van der Waals surface area contributed by atoms with Gasteiger partial charge in [0.1, 0.15) is 32.8 Å². The lowest BCUT2D eigenvalue weighted by Crippen LogP contribution is -2.35. The molecule has 46 heavy (non-hydrogen) atoms. The molecule has 1 aliphatic rings. The van der Waals surface area contributed by atoms with Crippen LogP contribution < -0.4 is 20.7 Å². The summed E-state index contributed by atoms with van der Waals surface area (Å²) in [7, 11) is -1.57. The van der Waals surface area contributed by atoms with Crippen LogP contribution in [-0.2, 0) is 30.9 Å². The molecule has 0 amide bonds. The maximum atomic E-state index is 6.45. The van der Waals surface area contributed by atoms with E-state index in [-0.39, 0.29) is 0 Å². The van der Waals surface area contributed by atoms with Crippen LogP contribution in [0.3, 0.4) is 0 Å². The Labute approximate surface area is 274 Å². The third-order valence-electron chi connectivity index (χ3n) is 7.46. The average molecular weight is 633 g/mol. The van der Waals surface area contributed by atoms with Crippen molar-refractivity contribution in [3.05, 3.63) is 125 Å². The molecule has 1 aliphatic heterocycles. The number of nitrogens with zero attached hydrogens (tertiary/aromatic N) is 2. The number of aliphatic imine (C=N–C) groups is 1. The monoisotopic (exact) mass is 632 g/mol. The lowest BCUT2D eigenvalue weighted by Gasteiger charge is -2.26. The van der Waals surface area contributed by atoms with Gasteiger partial charge in [-0.2, -0.15) is 0 Å². The predicted octanol–water partition coefficient (Wildman–Crippen LogP) is 6.64. The van der Waals surface area contributed by atoms with Gasteiger partial charge in [0.05, 0.1) is 24.5 Å². The third kappa shape index (κ3) is 10.1. The highest BCUT2D eigenvalue weighted by Crippen LogP contribution is 2.32. The molecule has 4 aromatic carbocycles. The lowest BCUT2D eigenvalue weighted by atomic mass is 10.0. The molecule has 1 heterocycles. The largest absolute Gasteiger partial charge is 0.488 e. The van der Waals surface area contributed by atoms with E-state index in [9.17, 15) is 0 Å². The highest BCUT2D eigenvalue weighted by Gasteiger charge is 2.18. The van der Waals surface area contributed by atoms with Crippen molar-refractivity contribution in [2.45, 2.75) is 45.8 Å². The molecule has 1 saturated heterocycles. The van der Waals surface area contributed by atoms with Crippen molar-refractivity contribution in [3.8, 4) is 23.0 Å². The minimum absolute atomic E-state index is 0.384. The van der Waals surface area contributed by atoms with Crippen molar-refractivity contribution in [3.63, 3.8) is 0 Å². The number of amidine groups is 1. The number of rotatable bonds is 11. The Morgan fingerprint density at radius 2 is 1.43 bits per heavy atom. The Balaban J connectivity index is 1.49. The van der Waals surface area contributed by atoms with E-state index in [4.69, 9.17) is 25.0 Å². The molecule has 7 nitrogen and oxygen atoms in total. The molecule has 8 heteroatoms. The molecule has 5 rings (SSSR count). The fourth-order valence-electron chi connectivity index (χ4n) is 5.05. The maximum absolute atomic E-state index is 6.45. The van der Waals surface area contributed by atoms with Gasteiger partial charge in [-0.15, -0.1) is 11.5 Å². The van der Waals surface area contributed by atoms with Crippen LogP contribution in [0.5, 0.6) is 11.5 Å². The molecule has 1 fully saturated rings. The second-order valence-corrected chi connectivity index (χ2v) is 17.1. The molecule has 3 N–H and O–H groups in total. The first-order valence-corrected chi connectivity index (χ1v) is 19.3. The zero-order chi connectivity index (χ0) is 32.2. The van der Waals surface area contributed by atoms with Gasteiger partial charge in [0.25, 0.3) is 0 Å². The quantitative estimate of drug-likeness (QED) is 0.0482. The highest BCUT2D eigenvalue weighted by molar-refractivity contribution is 6.83. The van der Waals surface area contributed by atoms with Crippen molar-refractivity contribution >= 4 is 19.6 Å². The van der Waals surface area contributed by atoms with Crippen LogP contribution >= 0.6 is 0 Å². The fraction of sp³-hybridized carbons (Fsp3) is 0.289. The van der Waals surface area contributed by atoms with E-state index in [0.717, 1.165) is 66.5 Å². The van der Waals surface area contributed by atoms with E-state index in [0.29, 0.717) is 31.2 Å². The zero-order valence-electron chi connectivity index (χ0n) is 27.1. The van der Waals surface area contributed by atoms with Crippen LogP contribution in [0.25, 0.3) is 0 Å². The molecule has 0 unspecified atom stereocenters. The van der Waals surface area contributed by atoms with Gasteiger partial charge in [0.2, 0.25) is 0 Å². The molecule has 0 radical (unpaired) electrons. The van der Waals surface area contributed by atoms with Crippen LogP contribution in [-0.4, -0.2) is 45.1 Å². The Kier molecular flexibility index (Phi) is 11.7. The lowest BCUT2D eigenvalue weighted by molar-refractivity contribution is 0.0342. The number of morpholine rings is 1. The summed E-state index contributed by atoms with van der Waals surface area (Å²) >= 11 is 0. The fourth-order valence-corrected chi connectivity index (χ4v) is 5.67. The van der Waals surface area contributed by atoms with Crippen LogP contribution in [0, 0.1) is 11.5 Å². The van der Waals surface area contributed by atoms with E-state index in [2.05, 4.69) is 65.7 Å². The second-order valence-electron chi connectivity index (χ2n) is 12.4. The Morgan fingerprint density at radius 3 is 2.02 bits per heavy atom. The molecule has 0 aromatic heterocycles. The Morgan fingerprint density at radius 1 is 0.826 bits per heavy atom. The van der Waals surface area contributed by atoms with Gasteiger partial charge in [-0.05, 0) is 34.9 Å². The summed E-state index contributed by atoms with van der Waals surface area (Å²) in [5.74, 6) is 11.4. The van der Waals surface area contributed by atoms with Crippen molar-refractivity contribution in [2.24, 2.45) is 10.8 Å². The topological polar surface area (TPSA) is 81.3 Å². The summed E-state index contributed by atoms with van der Waals surface area (Å²) in [4.78, 5) is 7.33. The van der Waals surface area contributed by atoms with Gasteiger partial charge < -0.3 is 19.6 Å². The van der Waals surface area contributed by atoms with Gasteiger partial charge in [-0.1, -0.05) is 92.4 Å². The van der Waals surface area contributed by atoms with Crippen molar-refractivity contribution < 1.29 is 14.2 Å². The number of hydrogen-bond acceptors (Lipinski definition) is 6. The van der Waals surface area contributed by atoms with Crippen molar-refractivity contribution in [1.29, 1.82) is 0 Å². The SMILES string of the molecule is C[Si](C)(C)C#CCc1cc(C(=Nc2ccc(CN3CCOCC3)cc2)NN)c(OCc2ccccc2)cc1OCc1ccccc1. The molecule has 0 spiro atoms. The van der Waals surface area contributed by atoms with Gasteiger partial charge in [0, 0.05) is 37.7 Å². The number of hydrazine groups is 1. The number of nitrogens with two attached hydrogens (primary N) is 1. The highest BCUT2D eigenvalue weighted by atomic mass is 28.3. The van der Waals surface area contributed by atoms with Gasteiger partial charge in [-0.25, -0.2) is 10.8 Å². The van der Waals surface area contributed by atoms with E-state index >= 15 is 0 Å². The summed E-state index contributed by atoms with van der Waals surface area (Å²) in [5, 5.41) is 0. The van der Waals surface area contributed by atoms with E-state index in [1.54, 1.807) is 0 Å². The number of hydrogen-bond donors (Lipinski definition) is 2. The minimum Gasteiger partial charge on any atom is -0.488 e. The molecule has 0 aliphatic carbocycles. The summed E-state index contributed by atoms with van der Waals surface area (Å²) in [6.45, 7) is 11.9. The normalized spacial score (nSPS) is 13.9. The molecule has 0 saturated carbocycles. The minimum atomic E-state index is -1.57. The summed E-state index contributed by atoms with van der Waals surface area (Å²) in [6.07, 6.45) is 0.536. The predicted molar refractivity (Wildman–Crippen MR) is 189 cm³/mol. The summed E-state index contributed by atoms with van der Waals surface area (Å²) in [5.41, 5.74) is 12.2. The van der Waals surface area contributed by atoms with Crippen LogP contribution in [0.2, 0.25) is 19.6 Å². The molecule has 0 atom stereocenters. The second kappa shape index (κ2) is 16.3. The molecular formula is C38H44N4O3Si. The number of ether oxygens (including phenoxy) is 3. The third-order valence-corrected chi connectivity index (χ3v) is 8.39. The van der Waals surface area contributed by atoms with Crippen LogP contribution in [0.15, 0.2) is 102 Å². The molecule has 238 valence electrons. The summed E-state index contributed by atoms with van der Waals surface area (Å²) in [6, 6.07) is 32.5. The van der Waals surface area contributed by atoms with Gasteiger partial charge >= 0.3 is 0 Å². The molecule has 0 bridgehead atoms. The Hall–Kier alpha value is -4.39. The maximum Gasteiger partial charge on any atom is 0.151 e. The van der Waals surface area contributed by atoms with Crippen molar-refractivity contribution in [2.75, 3.05) is 26.3 Å². The molecule has 4 aromatic rings. The van der Waals surface area contributed by atoms with Crippen molar-refractivity contribution in [1.82, 2.24) is 10.3 Å². The first-order chi connectivity index (χ1) is 22.4. The van der Waals surface area contributed by atoms with Gasteiger partial charge in [-0.3, -0.25) is 4.90 Å². The number of benzene rings is 4. The standard InChI is InChI=1S/C38H44N4O3Si/c1-46(2,3)24-10-15-33-25-35(38(41-39)40-34-18-16-30(17-19-34)27-42-20-22-43-23-21-42)37(45-29-32-13-8-5-9-14-32)26-36(33)44-28-31-11-6-4-7-12-31/h4-9,11-14,16-19,25-26H,15,20-23,27-29,39H2,1-3H3,(H,40,41). The zero-order valence-corrected chi connectivity index (χ0v) is 28.1.